The molecule has 0 aromatic heterocycles. The van der Waals surface area contributed by atoms with Gasteiger partial charge in [-0.25, -0.2) is 0 Å². The van der Waals surface area contributed by atoms with Crippen LogP contribution in [0.2, 0.25) is 0 Å². The zero-order valence-electron chi connectivity index (χ0n) is 9.42. The summed E-state index contributed by atoms with van der Waals surface area (Å²) in [6.45, 7) is 2.14. The first-order valence-electron chi connectivity index (χ1n) is 6.05. The molecule has 0 heterocycles. The van der Waals surface area contributed by atoms with Crippen molar-refractivity contribution in [2.45, 2.75) is 51.0 Å². The molecule has 0 amide bonds. The van der Waals surface area contributed by atoms with E-state index < -0.39 is 0 Å². The van der Waals surface area contributed by atoms with Gasteiger partial charge in [-0.05, 0) is 32.2 Å². The molecule has 0 aromatic rings. The number of nitriles is 1. The molecule has 0 saturated heterocycles. The highest BCUT2D eigenvalue weighted by molar-refractivity contribution is 6.17. The van der Waals surface area contributed by atoms with Crippen LogP contribution in [0.5, 0.6) is 0 Å². The summed E-state index contributed by atoms with van der Waals surface area (Å²) in [5.74, 6) is 0.792. The molecule has 0 atom stereocenters. The lowest BCUT2D eigenvalue weighted by Gasteiger charge is -2.20. The van der Waals surface area contributed by atoms with Crippen molar-refractivity contribution >= 4 is 11.6 Å². The number of hydrogen-bond acceptors (Lipinski definition) is 2. The lowest BCUT2D eigenvalue weighted by Crippen LogP contribution is -2.28. The van der Waals surface area contributed by atoms with Crippen molar-refractivity contribution in [2.24, 2.45) is 0 Å². The summed E-state index contributed by atoms with van der Waals surface area (Å²) in [4.78, 5) is 2.49. The second-order valence-corrected chi connectivity index (χ2v) is 4.66. The van der Waals surface area contributed by atoms with Gasteiger partial charge >= 0.3 is 0 Å². The Balaban J connectivity index is 2.01. The van der Waals surface area contributed by atoms with Gasteiger partial charge in [0.25, 0.3) is 0 Å². The molecule has 3 heteroatoms. The Morgan fingerprint density at radius 3 is 2.47 bits per heavy atom. The topological polar surface area (TPSA) is 27.0 Å². The first-order valence-corrected chi connectivity index (χ1v) is 6.59. The Kier molecular flexibility index (Phi) is 6.80. The van der Waals surface area contributed by atoms with Crippen molar-refractivity contribution < 1.29 is 0 Å². The molecule has 1 rings (SSSR count). The van der Waals surface area contributed by atoms with Crippen LogP contribution in [0.4, 0.5) is 0 Å². The van der Waals surface area contributed by atoms with E-state index in [0.717, 1.165) is 24.9 Å². The summed E-state index contributed by atoms with van der Waals surface area (Å²) < 4.78 is 0. The van der Waals surface area contributed by atoms with Crippen LogP contribution in [0.25, 0.3) is 0 Å². The number of nitrogens with zero attached hydrogens (tertiary/aromatic N) is 2. The van der Waals surface area contributed by atoms with E-state index in [4.69, 9.17) is 16.9 Å². The van der Waals surface area contributed by atoms with Gasteiger partial charge in [-0.1, -0.05) is 12.8 Å². The maximum Gasteiger partial charge on any atom is 0.0635 e. The summed E-state index contributed by atoms with van der Waals surface area (Å²) in [5, 5.41) is 8.57. The van der Waals surface area contributed by atoms with Crippen molar-refractivity contribution in [3.63, 3.8) is 0 Å². The molecule has 0 aromatic carbocycles. The van der Waals surface area contributed by atoms with Crippen LogP contribution in [0, 0.1) is 11.3 Å². The van der Waals surface area contributed by atoms with Gasteiger partial charge in [0, 0.05) is 24.9 Å². The zero-order valence-corrected chi connectivity index (χ0v) is 10.2. The second kappa shape index (κ2) is 7.96. The summed E-state index contributed by atoms with van der Waals surface area (Å²) in [7, 11) is 0. The van der Waals surface area contributed by atoms with Crippen LogP contribution in [0.15, 0.2) is 0 Å². The quantitative estimate of drug-likeness (QED) is 0.448. The third kappa shape index (κ3) is 6.02. The minimum absolute atomic E-state index is 0.679. The highest BCUT2D eigenvalue weighted by Crippen LogP contribution is 2.27. The average Bonchev–Trinajstić information content (AvgIpc) is 3.06. The van der Waals surface area contributed by atoms with Gasteiger partial charge in [-0.3, -0.25) is 4.90 Å². The highest BCUT2D eigenvalue weighted by atomic mass is 35.5. The van der Waals surface area contributed by atoms with Crippen molar-refractivity contribution in [1.29, 1.82) is 5.26 Å². The minimum atomic E-state index is 0.679. The fraction of sp³-hybridized carbons (Fsp3) is 0.917. The predicted molar refractivity (Wildman–Crippen MR) is 64.0 cm³/mol. The largest absolute Gasteiger partial charge is 0.299 e. The summed E-state index contributed by atoms with van der Waals surface area (Å²) >= 11 is 5.63. The lowest BCUT2D eigenvalue weighted by atomic mass is 10.2. The molecule has 2 nitrogen and oxygen atoms in total. The lowest BCUT2D eigenvalue weighted by molar-refractivity contribution is 0.263. The number of alkyl halides is 1. The van der Waals surface area contributed by atoms with Crippen molar-refractivity contribution in [3.05, 3.63) is 0 Å². The third-order valence-corrected chi connectivity index (χ3v) is 3.17. The molecule has 0 radical (unpaired) electrons. The molecule has 1 aliphatic rings. The summed E-state index contributed by atoms with van der Waals surface area (Å²) in [5.41, 5.74) is 0. The van der Waals surface area contributed by atoms with Gasteiger partial charge in [0.15, 0.2) is 0 Å². The average molecular weight is 229 g/mol. The molecule has 1 fully saturated rings. The first-order chi connectivity index (χ1) is 7.38. The molecule has 0 N–H and O–H groups in total. The fourth-order valence-electron chi connectivity index (χ4n) is 1.87. The van der Waals surface area contributed by atoms with Crippen molar-refractivity contribution in [3.8, 4) is 6.07 Å². The van der Waals surface area contributed by atoms with Gasteiger partial charge < -0.3 is 0 Å². The number of rotatable bonds is 9. The maximum absolute atomic E-state index is 8.57. The van der Waals surface area contributed by atoms with E-state index in [1.165, 1.54) is 38.6 Å². The van der Waals surface area contributed by atoms with E-state index in [9.17, 15) is 0 Å². The normalized spacial score (nSPS) is 15.5. The Hall–Kier alpha value is -0.260. The molecule has 15 heavy (non-hydrogen) atoms. The standard InChI is InChI=1S/C12H21ClN2/c13-8-3-1-2-4-10-15(11-5-9-14)12-6-7-12/h12H,1-8,10-11H2. The molecule has 0 bridgehead atoms. The van der Waals surface area contributed by atoms with E-state index in [-0.39, 0.29) is 0 Å². The van der Waals surface area contributed by atoms with E-state index in [2.05, 4.69) is 11.0 Å². The molecule has 1 saturated carbocycles. The smallest absolute Gasteiger partial charge is 0.0635 e. The molecule has 1 aliphatic carbocycles. The third-order valence-electron chi connectivity index (χ3n) is 2.90. The first kappa shape index (κ1) is 12.8. The molecule has 0 aliphatic heterocycles. The predicted octanol–water partition coefficient (Wildman–Crippen LogP) is 3.16. The summed E-state index contributed by atoms with van der Waals surface area (Å²) in [6, 6.07) is 3.03. The molecule has 0 spiro atoms. The molecular formula is C12H21ClN2. The molecule has 86 valence electrons. The van der Waals surface area contributed by atoms with E-state index in [1.54, 1.807) is 0 Å². The van der Waals surface area contributed by atoms with E-state index in [0.29, 0.717) is 6.42 Å². The van der Waals surface area contributed by atoms with Gasteiger partial charge in [0.05, 0.1) is 6.07 Å². The summed E-state index contributed by atoms with van der Waals surface area (Å²) in [6.07, 6.45) is 8.29. The van der Waals surface area contributed by atoms with Crippen LogP contribution in [-0.4, -0.2) is 29.9 Å². The number of halogens is 1. The van der Waals surface area contributed by atoms with Gasteiger partial charge in [0.1, 0.15) is 0 Å². The Morgan fingerprint density at radius 1 is 1.13 bits per heavy atom. The monoisotopic (exact) mass is 228 g/mol. The zero-order chi connectivity index (χ0) is 10.9. The highest BCUT2D eigenvalue weighted by Gasteiger charge is 2.27. The van der Waals surface area contributed by atoms with E-state index in [1.807, 2.05) is 0 Å². The van der Waals surface area contributed by atoms with Crippen molar-refractivity contribution in [1.82, 2.24) is 4.90 Å². The van der Waals surface area contributed by atoms with Gasteiger partial charge in [-0.2, -0.15) is 5.26 Å². The Bertz CT molecular complexity index is 196. The Labute approximate surface area is 98.2 Å². The van der Waals surface area contributed by atoms with Crippen LogP contribution in [0.3, 0.4) is 0 Å². The van der Waals surface area contributed by atoms with Crippen LogP contribution >= 0.6 is 11.6 Å². The minimum Gasteiger partial charge on any atom is -0.299 e. The fourth-order valence-corrected chi connectivity index (χ4v) is 2.06. The van der Waals surface area contributed by atoms with Gasteiger partial charge in [0.2, 0.25) is 0 Å². The second-order valence-electron chi connectivity index (χ2n) is 4.28. The van der Waals surface area contributed by atoms with Crippen molar-refractivity contribution in [2.75, 3.05) is 19.0 Å². The van der Waals surface area contributed by atoms with Crippen LogP contribution in [-0.2, 0) is 0 Å². The number of unbranched alkanes of at least 4 members (excludes halogenated alkanes) is 3. The van der Waals surface area contributed by atoms with Crippen LogP contribution < -0.4 is 0 Å². The maximum atomic E-state index is 8.57. The SMILES string of the molecule is N#CCCN(CCCCCCCl)C1CC1. The molecular weight excluding hydrogens is 208 g/mol. The Morgan fingerprint density at radius 2 is 1.87 bits per heavy atom. The molecule has 0 unspecified atom stereocenters. The van der Waals surface area contributed by atoms with Crippen LogP contribution in [0.1, 0.15) is 44.9 Å². The van der Waals surface area contributed by atoms with Gasteiger partial charge in [-0.15, -0.1) is 11.6 Å². The number of hydrogen-bond donors (Lipinski definition) is 0. The van der Waals surface area contributed by atoms with E-state index >= 15 is 0 Å².